The van der Waals surface area contributed by atoms with E-state index in [0.717, 1.165) is 12.1 Å². The number of nitrogens with zero attached hydrogens (tertiary/aromatic N) is 3. The highest BCUT2D eigenvalue weighted by molar-refractivity contribution is 5.72. The number of hydrogen-bond donors (Lipinski definition) is 0. The fourth-order valence-corrected chi connectivity index (χ4v) is 2.17. The smallest absolute Gasteiger partial charge is 0.416 e. The minimum Gasteiger partial charge on any atom is -0.480 e. The van der Waals surface area contributed by atoms with Crippen molar-refractivity contribution in [3.8, 4) is 28.6 Å². The maximum Gasteiger partial charge on any atom is 0.416 e. The van der Waals surface area contributed by atoms with Gasteiger partial charge in [0.1, 0.15) is 12.1 Å². The van der Waals surface area contributed by atoms with Gasteiger partial charge in [-0.3, -0.25) is 0 Å². The van der Waals surface area contributed by atoms with E-state index in [2.05, 4.69) is 15.0 Å². The number of halogens is 3. The van der Waals surface area contributed by atoms with Gasteiger partial charge < -0.3 is 9.47 Å². The normalized spacial score (nSPS) is 11.2. The Hall–Kier alpha value is -3.16. The Morgan fingerprint density at radius 1 is 0.920 bits per heavy atom. The molecule has 1 aromatic carbocycles. The highest BCUT2D eigenvalue weighted by Gasteiger charge is 2.30. The lowest BCUT2D eigenvalue weighted by atomic mass is 10.1. The molecule has 2 heterocycles. The topological polar surface area (TPSA) is 57.1 Å². The van der Waals surface area contributed by atoms with Crippen LogP contribution in [0.4, 0.5) is 13.2 Å². The van der Waals surface area contributed by atoms with Gasteiger partial charge in [-0.05, 0) is 36.4 Å². The minimum atomic E-state index is -4.40. The molecular formula is C17H12F3N3O2. The second-order valence-electron chi connectivity index (χ2n) is 4.93. The average Bonchev–Trinajstić information content (AvgIpc) is 2.62. The zero-order chi connectivity index (χ0) is 17.9. The average molecular weight is 347 g/mol. The molecule has 8 heteroatoms. The molecule has 0 saturated carbocycles. The molecule has 0 unspecified atom stereocenters. The van der Waals surface area contributed by atoms with Gasteiger partial charge in [-0.15, -0.1) is 0 Å². The summed E-state index contributed by atoms with van der Waals surface area (Å²) in [6, 6.07) is 7.79. The summed E-state index contributed by atoms with van der Waals surface area (Å²) >= 11 is 0. The lowest BCUT2D eigenvalue weighted by molar-refractivity contribution is -0.137. The van der Waals surface area contributed by atoms with E-state index in [9.17, 15) is 13.2 Å². The van der Waals surface area contributed by atoms with Crippen LogP contribution in [0.1, 0.15) is 5.56 Å². The zero-order valence-corrected chi connectivity index (χ0v) is 13.0. The summed E-state index contributed by atoms with van der Waals surface area (Å²) < 4.78 is 48.7. The molecule has 0 aliphatic rings. The monoisotopic (exact) mass is 347 g/mol. The maximum absolute atomic E-state index is 12.6. The number of methoxy groups -OCH3 is 1. The number of ether oxygens (including phenoxy) is 2. The SMILES string of the molecule is COc1ncncc1-c1cccnc1Oc1ccc(C(F)(F)F)cc1. The van der Waals surface area contributed by atoms with E-state index in [0.29, 0.717) is 17.0 Å². The summed E-state index contributed by atoms with van der Waals surface area (Å²) in [6.45, 7) is 0. The van der Waals surface area contributed by atoms with Crippen molar-refractivity contribution in [2.24, 2.45) is 0 Å². The third-order valence-electron chi connectivity index (χ3n) is 3.33. The van der Waals surface area contributed by atoms with Gasteiger partial charge in [0.05, 0.1) is 23.8 Å². The third-order valence-corrected chi connectivity index (χ3v) is 3.33. The second kappa shape index (κ2) is 6.76. The summed E-state index contributed by atoms with van der Waals surface area (Å²) in [4.78, 5) is 12.1. The van der Waals surface area contributed by atoms with Crippen LogP contribution < -0.4 is 9.47 Å². The van der Waals surface area contributed by atoms with E-state index in [1.54, 1.807) is 18.3 Å². The second-order valence-corrected chi connectivity index (χ2v) is 4.93. The van der Waals surface area contributed by atoms with Crippen LogP contribution in [0.3, 0.4) is 0 Å². The first kappa shape index (κ1) is 16.7. The summed E-state index contributed by atoms with van der Waals surface area (Å²) in [5, 5.41) is 0. The molecule has 0 amide bonds. The van der Waals surface area contributed by atoms with Crippen molar-refractivity contribution >= 4 is 0 Å². The predicted octanol–water partition coefficient (Wildman–Crippen LogP) is 4.36. The van der Waals surface area contributed by atoms with Crippen molar-refractivity contribution in [2.45, 2.75) is 6.18 Å². The first-order chi connectivity index (χ1) is 12.0. The molecule has 2 aromatic heterocycles. The fourth-order valence-electron chi connectivity index (χ4n) is 2.17. The lowest BCUT2D eigenvalue weighted by Gasteiger charge is -2.12. The van der Waals surface area contributed by atoms with E-state index in [1.165, 1.54) is 31.8 Å². The fraction of sp³-hybridized carbons (Fsp3) is 0.118. The summed E-state index contributed by atoms with van der Waals surface area (Å²) in [6.07, 6.45) is 0.000171. The molecule has 3 rings (SSSR count). The number of alkyl halides is 3. The van der Waals surface area contributed by atoms with Crippen molar-refractivity contribution in [3.63, 3.8) is 0 Å². The first-order valence-corrected chi connectivity index (χ1v) is 7.13. The molecule has 128 valence electrons. The molecule has 0 saturated heterocycles. The molecule has 3 aromatic rings. The molecule has 25 heavy (non-hydrogen) atoms. The largest absolute Gasteiger partial charge is 0.480 e. The van der Waals surface area contributed by atoms with Gasteiger partial charge in [-0.1, -0.05) is 0 Å². The van der Waals surface area contributed by atoms with Gasteiger partial charge in [0.15, 0.2) is 0 Å². The zero-order valence-electron chi connectivity index (χ0n) is 13.0. The van der Waals surface area contributed by atoms with Crippen LogP contribution in [0.15, 0.2) is 55.1 Å². The number of benzene rings is 1. The number of pyridine rings is 1. The van der Waals surface area contributed by atoms with Gasteiger partial charge in [0.2, 0.25) is 11.8 Å². The van der Waals surface area contributed by atoms with E-state index in [1.807, 2.05) is 0 Å². The van der Waals surface area contributed by atoms with Crippen LogP contribution in [0.5, 0.6) is 17.5 Å². The molecule has 0 atom stereocenters. The van der Waals surface area contributed by atoms with Crippen molar-refractivity contribution < 1.29 is 22.6 Å². The van der Waals surface area contributed by atoms with Crippen LogP contribution in [0.2, 0.25) is 0 Å². The molecule has 0 aliphatic heterocycles. The van der Waals surface area contributed by atoms with Crippen molar-refractivity contribution in [1.29, 1.82) is 0 Å². The van der Waals surface area contributed by atoms with Gasteiger partial charge in [0.25, 0.3) is 0 Å². The van der Waals surface area contributed by atoms with Crippen molar-refractivity contribution in [2.75, 3.05) is 7.11 Å². The quantitative estimate of drug-likeness (QED) is 0.702. The van der Waals surface area contributed by atoms with Crippen molar-refractivity contribution in [1.82, 2.24) is 15.0 Å². The standard InChI is InChI=1S/C17H12F3N3O2/c1-24-15-14(9-21-10-23-15)13-3-2-8-22-16(13)25-12-6-4-11(5-7-12)17(18,19)20/h2-10H,1H3. The van der Waals surface area contributed by atoms with E-state index < -0.39 is 11.7 Å². The van der Waals surface area contributed by atoms with E-state index in [4.69, 9.17) is 9.47 Å². The molecule has 0 radical (unpaired) electrons. The van der Waals surface area contributed by atoms with Crippen LogP contribution in [-0.2, 0) is 6.18 Å². The first-order valence-electron chi connectivity index (χ1n) is 7.13. The Labute approximate surface area is 141 Å². The number of aromatic nitrogens is 3. The summed E-state index contributed by atoms with van der Waals surface area (Å²) in [5.74, 6) is 0.763. The molecule has 0 fully saturated rings. The van der Waals surface area contributed by atoms with Gasteiger partial charge >= 0.3 is 6.18 Å². The highest BCUT2D eigenvalue weighted by Crippen LogP contribution is 2.36. The molecule has 0 N–H and O–H groups in total. The Kier molecular flexibility index (Phi) is 4.51. The van der Waals surface area contributed by atoms with E-state index in [-0.39, 0.29) is 11.6 Å². The van der Waals surface area contributed by atoms with Gasteiger partial charge in [0, 0.05) is 12.4 Å². The van der Waals surface area contributed by atoms with Crippen LogP contribution >= 0.6 is 0 Å². The predicted molar refractivity (Wildman–Crippen MR) is 83.3 cm³/mol. The highest BCUT2D eigenvalue weighted by atomic mass is 19.4. The Balaban J connectivity index is 1.94. The van der Waals surface area contributed by atoms with Gasteiger partial charge in [-0.2, -0.15) is 13.2 Å². The van der Waals surface area contributed by atoms with Gasteiger partial charge in [-0.25, -0.2) is 15.0 Å². The molecular weight excluding hydrogens is 335 g/mol. The van der Waals surface area contributed by atoms with Crippen molar-refractivity contribution in [3.05, 3.63) is 60.7 Å². The van der Waals surface area contributed by atoms with Crippen LogP contribution in [0, 0.1) is 0 Å². The summed E-state index contributed by atoms with van der Waals surface area (Å²) in [7, 11) is 1.47. The maximum atomic E-state index is 12.6. The Bertz CT molecular complexity index is 868. The molecule has 0 spiro atoms. The molecule has 0 bridgehead atoms. The number of rotatable bonds is 4. The molecule has 5 nitrogen and oxygen atoms in total. The Morgan fingerprint density at radius 2 is 1.68 bits per heavy atom. The third kappa shape index (κ3) is 3.68. The lowest BCUT2D eigenvalue weighted by Crippen LogP contribution is -2.04. The molecule has 0 aliphatic carbocycles. The minimum absolute atomic E-state index is 0.204. The van der Waals surface area contributed by atoms with Crippen LogP contribution in [0.25, 0.3) is 11.1 Å². The summed E-state index contributed by atoms with van der Waals surface area (Å²) in [5.41, 5.74) is 0.360. The van der Waals surface area contributed by atoms with E-state index >= 15 is 0 Å². The number of hydrogen-bond acceptors (Lipinski definition) is 5. The Morgan fingerprint density at radius 3 is 2.36 bits per heavy atom. The van der Waals surface area contributed by atoms with Crippen LogP contribution in [-0.4, -0.2) is 22.1 Å².